The molecule has 0 bridgehead atoms. The van der Waals surface area contributed by atoms with Crippen LogP contribution in [0.5, 0.6) is 5.88 Å². The maximum absolute atomic E-state index is 6.14. The van der Waals surface area contributed by atoms with Crippen molar-refractivity contribution in [1.82, 2.24) is 4.98 Å². The van der Waals surface area contributed by atoms with Crippen molar-refractivity contribution in [3.8, 4) is 5.88 Å². The zero-order valence-corrected chi connectivity index (χ0v) is 15.6. The van der Waals surface area contributed by atoms with E-state index in [4.69, 9.17) is 32.9 Å². The second kappa shape index (κ2) is 8.52. The van der Waals surface area contributed by atoms with Gasteiger partial charge in [-0.2, -0.15) is 4.98 Å². The maximum atomic E-state index is 6.14. The molecule has 0 aliphatic rings. The van der Waals surface area contributed by atoms with Crippen molar-refractivity contribution in [2.75, 3.05) is 37.9 Å². The number of halogens is 2. The lowest BCUT2D eigenvalue weighted by molar-refractivity contribution is -0.650. The molecule has 0 unspecified atom stereocenters. The highest BCUT2D eigenvalue weighted by Gasteiger charge is 2.16. The zero-order chi connectivity index (χ0) is 17.6. The summed E-state index contributed by atoms with van der Waals surface area (Å²) in [6.07, 6.45) is 1.04. The predicted molar refractivity (Wildman–Crippen MR) is 103 cm³/mol. The molecule has 0 saturated heterocycles. The molecule has 3 aromatic rings. The number of ether oxygens (including phenoxy) is 1. The smallest absolute Gasteiger partial charge is 0.366 e. The van der Waals surface area contributed by atoms with E-state index in [2.05, 4.69) is 15.6 Å². The first-order valence-electron chi connectivity index (χ1n) is 8.33. The van der Waals surface area contributed by atoms with Gasteiger partial charge in [0.1, 0.15) is 11.2 Å². The molecule has 0 radical (unpaired) electrons. The van der Waals surface area contributed by atoms with Gasteiger partial charge < -0.3 is 15.4 Å². The number of pyridine rings is 2. The van der Waals surface area contributed by atoms with Gasteiger partial charge in [0.15, 0.2) is 0 Å². The highest BCUT2D eigenvalue weighted by molar-refractivity contribution is 6.31. The van der Waals surface area contributed by atoms with Crippen molar-refractivity contribution in [2.45, 2.75) is 6.42 Å². The van der Waals surface area contributed by atoms with Gasteiger partial charge in [-0.1, -0.05) is 11.6 Å². The number of anilines is 1. The molecule has 3 rings (SSSR count). The molecule has 25 heavy (non-hydrogen) atoms. The third-order valence-corrected chi connectivity index (χ3v) is 4.49. The maximum Gasteiger partial charge on any atom is 0.366 e. The standard InChI is InChI=1S/C18H20Cl2N4O/c1-25-16-6-5-14-18(24-16)17(22-9-2-8-21-10-7-19)13-4-3-12(20)11-15(13)23-14/h3-6,11,21H,2,7-10H2,1H3,(H,22,23)/p+2. The van der Waals surface area contributed by atoms with Gasteiger partial charge in [0.2, 0.25) is 0 Å². The average molecular weight is 381 g/mol. The van der Waals surface area contributed by atoms with Crippen LogP contribution in [0.3, 0.4) is 0 Å². The number of rotatable bonds is 8. The number of alkyl halides is 1. The van der Waals surface area contributed by atoms with Gasteiger partial charge in [-0.15, -0.1) is 11.6 Å². The number of H-pyrrole nitrogens is 1. The fraction of sp³-hybridized carbons (Fsp3) is 0.333. The first-order valence-corrected chi connectivity index (χ1v) is 9.25. The highest BCUT2D eigenvalue weighted by Crippen LogP contribution is 2.30. The molecule has 0 amide bonds. The Morgan fingerprint density at radius 3 is 2.88 bits per heavy atom. The number of quaternary nitrogens is 1. The van der Waals surface area contributed by atoms with Crippen molar-refractivity contribution in [2.24, 2.45) is 0 Å². The van der Waals surface area contributed by atoms with E-state index in [1.165, 1.54) is 0 Å². The molecular formula is C18H22Cl2N4O+2. The summed E-state index contributed by atoms with van der Waals surface area (Å²) >= 11 is 11.8. The van der Waals surface area contributed by atoms with E-state index in [-0.39, 0.29) is 0 Å². The van der Waals surface area contributed by atoms with E-state index in [1.54, 1.807) is 7.11 Å². The molecule has 4 N–H and O–H groups in total. The van der Waals surface area contributed by atoms with Crippen LogP contribution in [0.4, 0.5) is 5.69 Å². The number of hydrogen-bond donors (Lipinski definition) is 2. The van der Waals surface area contributed by atoms with Gasteiger partial charge in [-0.25, -0.2) is 4.98 Å². The number of nitrogens with two attached hydrogens (primary N) is 1. The highest BCUT2D eigenvalue weighted by atomic mass is 35.5. The molecule has 2 aromatic heterocycles. The largest absolute Gasteiger partial charge is 0.448 e. The van der Waals surface area contributed by atoms with Crippen molar-refractivity contribution >= 4 is 50.8 Å². The van der Waals surface area contributed by atoms with Crippen LogP contribution in [-0.2, 0) is 0 Å². The number of nitrogens with zero attached hydrogens (tertiary/aromatic N) is 1. The van der Waals surface area contributed by atoms with Crippen LogP contribution >= 0.6 is 23.2 Å². The fourth-order valence-electron chi connectivity index (χ4n) is 2.81. The van der Waals surface area contributed by atoms with Crippen LogP contribution in [0.2, 0.25) is 5.02 Å². The fourth-order valence-corrected chi connectivity index (χ4v) is 3.13. The van der Waals surface area contributed by atoms with E-state index >= 15 is 0 Å². The lowest BCUT2D eigenvalue weighted by Gasteiger charge is -2.10. The molecule has 0 spiro atoms. The number of nitrogens with one attached hydrogen (secondary N) is 2. The first-order chi connectivity index (χ1) is 12.2. The van der Waals surface area contributed by atoms with E-state index in [1.807, 2.05) is 30.3 Å². The molecule has 5 nitrogen and oxygen atoms in total. The third kappa shape index (κ3) is 4.24. The molecule has 2 heterocycles. The third-order valence-electron chi connectivity index (χ3n) is 4.04. The topological polar surface area (TPSA) is 64.9 Å². The van der Waals surface area contributed by atoms with Crippen molar-refractivity contribution < 1.29 is 15.0 Å². The quantitative estimate of drug-likeness (QED) is 0.358. The number of methoxy groups -OCH3 is 1. The Balaban J connectivity index is 1.95. The number of hydrogen-bond acceptors (Lipinski definition) is 3. The van der Waals surface area contributed by atoms with Gasteiger partial charge in [0.25, 0.3) is 5.52 Å². The van der Waals surface area contributed by atoms with Gasteiger partial charge in [-0.3, -0.25) is 0 Å². The van der Waals surface area contributed by atoms with Crippen molar-refractivity contribution in [1.29, 1.82) is 0 Å². The van der Waals surface area contributed by atoms with Crippen LogP contribution in [-0.4, -0.2) is 37.6 Å². The van der Waals surface area contributed by atoms with Crippen LogP contribution < -0.4 is 20.4 Å². The van der Waals surface area contributed by atoms with Crippen molar-refractivity contribution in [3.05, 3.63) is 35.4 Å². The number of aromatic amines is 1. The summed E-state index contributed by atoms with van der Waals surface area (Å²) in [4.78, 5) is 8.02. The predicted octanol–water partition coefficient (Wildman–Crippen LogP) is 2.47. The van der Waals surface area contributed by atoms with Gasteiger partial charge in [-0.05, 0) is 24.3 Å². The molecular weight excluding hydrogens is 359 g/mol. The number of aromatic nitrogens is 2. The molecule has 0 fully saturated rings. The molecule has 7 heteroatoms. The Labute approximate surface area is 156 Å². The van der Waals surface area contributed by atoms with Crippen LogP contribution in [0, 0.1) is 0 Å². The Morgan fingerprint density at radius 1 is 1.20 bits per heavy atom. The molecule has 0 aliphatic heterocycles. The van der Waals surface area contributed by atoms with Crippen molar-refractivity contribution in [3.63, 3.8) is 0 Å². The van der Waals surface area contributed by atoms with Crippen LogP contribution in [0.15, 0.2) is 30.3 Å². The summed E-state index contributed by atoms with van der Waals surface area (Å²) in [7, 11) is 1.64. The van der Waals surface area contributed by atoms with Crippen LogP contribution in [0.25, 0.3) is 21.9 Å². The van der Waals surface area contributed by atoms with Gasteiger partial charge in [0.05, 0.1) is 37.7 Å². The summed E-state index contributed by atoms with van der Waals surface area (Å²) in [6.45, 7) is 2.85. The monoisotopic (exact) mass is 380 g/mol. The molecule has 132 valence electrons. The Morgan fingerprint density at radius 2 is 2.08 bits per heavy atom. The molecule has 0 aliphatic carbocycles. The summed E-state index contributed by atoms with van der Waals surface area (Å²) in [5.74, 6) is 1.38. The summed E-state index contributed by atoms with van der Waals surface area (Å²) in [5.41, 5.74) is 3.69. The van der Waals surface area contributed by atoms with Crippen LogP contribution in [0.1, 0.15) is 6.42 Å². The van der Waals surface area contributed by atoms with Gasteiger partial charge in [0, 0.05) is 23.4 Å². The minimum atomic E-state index is 0.679. The minimum Gasteiger partial charge on any atom is -0.448 e. The number of benzene rings is 1. The van der Waals surface area contributed by atoms with E-state index in [0.717, 1.165) is 53.7 Å². The second-order valence-corrected chi connectivity index (χ2v) is 6.58. The molecule has 0 atom stereocenters. The summed E-state index contributed by atoms with van der Waals surface area (Å²) in [5, 5.41) is 7.50. The summed E-state index contributed by atoms with van der Waals surface area (Å²) in [6, 6.07) is 9.59. The van der Waals surface area contributed by atoms with Gasteiger partial charge >= 0.3 is 5.88 Å². The lowest BCUT2D eigenvalue weighted by atomic mass is 10.1. The average Bonchev–Trinajstić information content (AvgIpc) is 2.63. The molecule has 1 aromatic carbocycles. The normalized spacial score (nSPS) is 11.2. The van der Waals surface area contributed by atoms with E-state index < -0.39 is 0 Å². The first kappa shape index (κ1) is 18.0. The Hall–Kier alpha value is -1.82. The Kier molecular flexibility index (Phi) is 6.13. The van der Waals surface area contributed by atoms with E-state index in [0.29, 0.717) is 16.8 Å². The number of fused-ring (bicyclic) bond motifs is 2. The Bertz CT molecular complexity index is 872. The SMILES string of the molecule is COc1ccc2nc3cc(Cl)ccc3c(NCCC[NH2+]CCCl)c2[nH+]1. The summed E-state index contributed by atoms with van der Waals surface area (Å²) < 4.78 is 5.33. The second-order valence-electron chi connectivity index (χ2n) is 5.77. The minimum absolute atomic E-state index is 0.679. The zero-order valence-electron chi connectivity index (χ0n) is 14.1. The van der Waals surface area contributed by atoms with E-state index in [9.17, 15) is 0 Å². The molecule has 0 saturated carbocycles. The lowest BCUT2D eigenvalue weighted by Crippen LogP contribution is -2.85.